The number of nitrogens with one attached hydrogen (secondary N) is 2. The van der Waals surface area contributed by atoms with E-state index in [1.54, 1.807) is 6.33 Å². The van der Waals surface area contributed by atoms with Gasteiger partial charge in [0.15, 0.2) is 0 Å². The molecule has 1 unspecified atom stereocenters. The number of amides is 2. The largest absolute Gasteiger partial charge is 0.353 e. The molecule has 2 N–H and O–H groups in total. The Bertz CT molecular complexity index is 760. The molecule has 0 radical (unpaired) electrons. The monoisotopic (exact) mass is 342 g/mol. The summed E-state index contributed by atoms with van der Waals surface area (Å²) in [6, 6.07) is 5.68. The third-order valence-electron chi connectivity index (χ3n) is 5.19. The van der Waals surface area contributed by atoms with Crippen LogP contribution in [0.25, 0.3) is 11.0 Å². The van der Waals surface area contributed by atoms with Crippen LogP contribution in [0.15, 0.2) is 24.5 Å². The SMILES string of the molecule is CC(C)C(C)NC(=O)C1CCN(C(=O)c2ccc3nc[nH]c3c2)CC1. The highest BCUT2D eigenvalue weighted by Gasteiger charge is 2.28. The molecule has 6 heteroatoms. The Hall–Kier alpha value is -2.37. The van der Waals surface area contributed by atoms with Crippen molar-refractivity contribution in [2.45, 2.75) is 39.7 Å². The summed E-state index contributed by atoms with van der Waals surface area (Å²) in [5.41, 5.74) is 2.38. The zero-order valence-corrected chi connectivity index (χ0v) is 15.1. The second-order valence-corrected chi connectivity index (χ2v) is 7.24. The maximum absolute atomic E-state index is 12.7. The number of hydrogen-bond donors (Lipinski definition) is 2. The van der Waals surface area contributed by atoms with Gasteiger partial charge in [0, 0.05) is 30.6 Å². The number of carbonyl (C=O) groups is 2. The smallest absolute Gasteiger partial charge is 0.253 e. The number of aromatic nitrogens is 2. The van der Waals surface area contributed by atoms with Crippen LogP contribution in [0, 0.1) is 11.8 Å². The quantitative estimate of drug-likeness (QED) is 0.896. The van der Waals surface area contributed by atoms with Gasteiger partial charge in [-0.3, -0.25) is 9.59 Å². The normalized spacial score (nSPS) is 17.0. The molecule has 1 fully saturated rings. The zero-order valence-electron chi connectivity index (χ0n) is 15.1. The molecular formula is C19H26N4O2. The molecule has 1 atom stereocenters. The van der Waals surface area contributed by atoms with E-state index in [0.29, 0.717) is 37.4 Å². The summed E-state index contributed by atoms with van der Waals surface area (Å²) in [6.45, 7) is 7.47. The molecule has 1 aromatic heterocycles. The van der Waals surface area contributed by atoms with E-state index in [-0.39, 0.29) is 23.8 Å². The lowest BCUT2D eigenvalue weighted by Gasteiger charge is -2.32. The Morgan fingerprint density at radius 2 is 1.96 bits per heavy atom. The van der Waals surface area contributed by atoms with Gasteiger partial charge in [-0.1, -0.05) is 13.8 Å². The minimum atomic E-state index is 0.000312. The van der Waals surface area contributed by atoms with Crippen LogP contribution in [0.2, 0.25) is 0 Å². The molecule has 0 spiro atoms. The van der Waals surface area contributed by atoms with Gasteiger partial charge in [0.05, 0.1) is 17.4 Å². The number of fused-ring (bicyclic) bond motifs is 1. The Kier molecular flexibility index (Phi) is 5.06. The number of carbonyl (C=O) groups excluding carboxylic acids is 2. The average Bonchev–Trinajstić information content (AvgIpc) is 3.08. The first-order valence-corrected chi connectivity index (χ1v) is 8.98. The van der Waals surface area contributed by atoms with Gasteiger partial charge in [0.25, 0.3) is 5.91 Å². The van der Waals surface area contributed by atoms with Crippen molar-refractivity contribution in [2.75, 3.05) is 13.1 Å². The lowest BCUT2D eigenvalue weighted by atomic mass is 9.94. The summed E-state index contributed by atoms with van der Waals surface area (Å²) < 4.78 is 0. The van der Waals surface area contributed by atoms with Crippen molar-refractivity contribution in [3.63, 3.8) is 0 Å². The van der Waals surface area contributed by atoms with Crippen molar-refractivity contribution in [3.05, 3.63) is 30.1 Å². The second kappa shape index (κ2) is 7.25. The Morgan fingerprint density at radius 3 is 2.64 bits per heavy atom. The Morgan fingerprint density at radius 1 is 1.24 bits per heavy atom. The van der Waals surface area contributed by atoms with E-state index in [1.165, 1.54) is 0 Å². The molecule has 2 amide bonds. The summed E-state index contributed by atoms with van der Waals surface area (Å²) in [5.74, 6) is 0.557. The molecule has 1 aliphatic heterocycles. The topological polar surface area (TPSA) is 78.1 Å². The molecule has 0 bridgehead atoms. The van der Waals surface area contributed by atoms with Crippen molar-refractivity contribution in [2.24, 2.45) is 11.8 Å². The van der Waals surface area contributed by atoms with Crippen molar-refractivity contribution in [3.8, 4) is 0 Å². The highest BCUT2D eigenvalue weighted by molar-refractivity contribution is 5.97. The summed E-state index contributed by atoms with van der Waals surface area (Å²) in [4.78, 5) is 34.1. The molecular weight excluding hydrogens is 316 g/mol. The summed E-state index contributed by atoms with van der Waals surface area (Å²) in [5, 5.41) is 3.09. The average molecular weight is 342 g/mol. The number of benzene rings is 1. The minimum absolute atomic E-state index is 0.000312. The number of rotatable bonds is 4. The van der Waals surface area contributed by atoms with Crippen LogP contribution in [0.4, 0.5) is 0 Å². The lowest BCUT2D eigenvalue weighted by molar-refractivity contribution is -0.127. The third-order valence-corrected chi connectivity index (χ3v) is 5.19. The fourth-order valence-corrected chi connectivity index (χ4v) is 3.10. The maximum atomic E-state index is 12.7. The number of H-pyrrole nitrogens is 1. The molecule has 1 saturated heterocycles. The summed E-state index contributed by atoms with van der Waals surface area (Å²) in [7, 11) is 0. The molecule has 134 valence electrons. The first-order chi connectivity index (χ1) is 12.0. The van der Waals surface area contributed by atoms with E-state index in [4.69, 9.17) is 0 Å². The molecule has 1 aromatic carbocycles. The molecule has 1 aliphatic rings. The van der Waals surface area contributed by atoms with E-state index >= 15 is 0 Å². The predicted octanol–water partition coefficient (Wildman–Crippen LogP) is 2.58. The molecule has 2 aromatic rings. The lowest BCUT2D eigenvalue weighted by Crippen LogP contribution is -2.45. The van der Waals surface area contributed by atoms with E-state index < -0.39 is 0 Å². The van der Waals surface area contributed by atoms with Crippen molar-refractivity contribution >= 4 is 22.8 Å². The van der Waals surface area contributed by atoms with Gasteiger partial charge in [-0.2, -0.15) is 0 Å². The fraction of sp³-hybridized carbons (Fsp3) is 0.526. The highest BCUT2D eigenvalue weighted by Crippen LogP contribution is 2.21. The summed E-state index contributed by atoms with van der Waals surface area (Å²) >= 11 is 0. The first kappa shape index (κ1) is 17.5. The van der Waals surface area contributed by atoms with Crippen LogP contribution in [0.5, 0.6) is 0 Å². The van der Waals surface area contributed by atoms with Gasteiger partial charge in [-0.15, -0.1) is 0 Å². The van der Waals surface area contributed by atoms with Gasteiger partial charge in [0.2, 0.25) is 5.91 Å². The number of likely N-dealkylation sites (tertiary alicyclic amines) is 1. The van der Waals surface area contributed by atoms with Gasteiger partial charge in [-0.05, 0) is 43.9 Å². The maximum Gasteiger partial charge on any atom is 0.253 e. The van der Waals surface area contributed by atoms with Crippen LogP contribution in [-0.2, 0) is 4.79 Å². The number of piperidine rings is 1. The molecule has 3 rings (SSSR count). The Labute approximate surface area is 148 Å². The highest BCUT2D eigenvalue weighted by atomic mass is 16.2. The van der Waals surface area contributed by atoms with E-state index in [2.05, 4.69) is 29.1 Å². The minimum Gasteiger partial charge on any atom is -0.353 e. The third kappa shape index (κ3) is 3.83. The molecule has 6 nitrogen and oxygen atoms in total. The summed E-state index contributed by atoms with van der Waals surface area (Å²) in [6.07, 6.45) is 3.06. The number of aromatic amines is 1. The van der Waals surface area contributed by atoms with Crippen LogP contribution >= 0.6 is 0 Å². The zero-order chi connectivity index (χ0) is 18.0. The van der Waals surface area contributed by atoms with Crippen molar-refractivity contribution in [1.29, 1.82) is 0 Å². The van der Waals surface area contributed by atoms with Gasteiger partial charge in [-0.25, -0.2) is 4.98 Å². The Balaban J connectivity index is 1.58. The predicted molar refractivity (Wildman–Crippen MR) is 97.2 cm³/mol. The van der Waals surface area contributed by atoms with E-state index in [1.807, 2.05) is 30.0 Å². The molecule has 2 heterocycles. The second-order valence-electron chi connectivity index (χ2n) is 7.24. The van der Waals surface area contributed by atoms with Gasteiger partial charge in [0.1, 0.15) is 0 Å². The number of hydrogen-bond acceptors (Lipinski definition) is 3. The van der Waals surface area contributed by atoms with Crippen LogP contribution < -0.4 is 5.32 Å². The van der Waals surface area contributed by atoms with E-state index in [9.17, 15) is 9.59 Å². The molecule has 25 heavy (non-hydrogen) atoms. The van der Waals surface area contributed by atoms with Crippen molar-refractivity contribution < 1.29 is 9.59 Å². The number of imidazole rings is 1. The molecule has 0 aliphatic carbocycles. The van der Waals surface area contributed by atoms with Crippen LogP contribution in [-0.4, -0.2) is 45.8 Å². The van der Waals surface area contributed by atoms with Crippen LogP contribution in [0.3, 0.4) is 0 Å². The van der Waals surface area contributed by atoms with Crippen LogP contribution in [0.1, 0.15) is 44.0 Å². The molecule has 0 saturated carbocycles. The fourth-order valence-electron chi connectivity index (χ4n) is 3.10. The first-order valence-electron chi connectivity index (χ1n) is 8.98. The van der Waals surface area contributed by atoms with E-state index in [0.717, 1.165) is 11.0 Å². The van der Waals surface area contributed by atoms with Gasteiger partial charge < -0.3 is 15.2 Å². The number of nitrogens with zero attached hydrogens (tertiary/aromatic N) is 2. The van der Waals surface area contributed by atoms with Crippen molar-refractivity contribution in [1.82, 2.24) is 20.2 Å². The standard InChI is InChI=1S/C19H26N4O2/c1-12(2)13(3)22-18(24)14-6-8-23(9-7-14)19(25)15-4-5-16-17(10-15)21-11-20-16/h4-5,10-14H,6-9H2,1-3H3,(H,20,21)(H,22,24). The van der Waals surface area contributed by atoms with Gasteiger partial charge >= 0.3 is 0 Å².